The Morgan fingerprint density at radius 2 is 1.78 bits per heavy atom. The van der Waals surface area contributed by atoms with Crippen molar-refractivity contribution in [1.29, 1.82) is 0 Å². The Morgan fingerprint density at radius 1 is 1.00 bits per heavy atom. The molecule has 92 valence electrons. The molecule has 1 aliphatic rings. The Kier molecular flexibility index (Phi) is 3.03. The van der Waals surface area contributed by atoms with Gasteiger partial charge in [-0.05, 0) is 36.2 Å². The quantitative estimate of drug-likeness (QED) is 0.742. The highest BCUT2D eigenvalue weighted by Gasteiger charge is 2.38. The summed E-state index contributed by atoms with van der Waals surface area (Å²) < 4.78 is 11.4. The zero-order valence-corrected chi connectivity index (χ0v) is 10.4. The summed E-state index contributed by atoms with van der Waals surface area (Å²) in [6.07, 6.45) is 1.71. The normalized spacial score (nSPS) is 21.6. The van der Waals surface area contributed by atoms with Crippen molar-refractivity contribution in [2.24, 2.45) is 0 Å². The van der Waals surface area contributed by atoms with Crippen molar-refractivity contribution in [2.75, 3.05) is 0 Å². The lowest BCUT2D eigenvalue weighted by molar-refractivity contribution is 0.369. The van der Waals surface area contributed by atoms with Gasteiger partial charge in [0.1, 0.15) is 17.6 Å². The molecular formula is C16H16O2. The molecule has 0 radical (unpaired) electrons. The second kappa shape index (κ2) is 4.83. The first-order chi connectivity index (χ1) is 8.86. The van der Waals surface area contributed by atoms with E-state index in [1.54, 1.807) is 0 Å². The number of rotatable bonds is 4. The van der Waals surface area contributed by atoms with Gasteiger partial charge in [0.15, 0.2) is 0 Å². The van der Waals surface area contributed by atoms with Crippen LogP contribution in [0.15, 0.2) is 54.6 Å². The van der Waals surface area contributed by atoms with Gasteiger partial charge in [-0.15, -0.1) is 0 Å². The minimum atomic E-state index is 0.259. The molecule has 3 rings (SSSR count). The van der Waals surface area contributed by atoms with Crippen molar-refractivity contribution in [2.45, 2.75) is 25.6 Å². The third kappa shape index (κ3) is 2.39. The number of benzene rings is 2. The molecule has 2 nitrogen and oxygen atoms in total. The van der Waals surface area contributed by atoms with Crippen molar-refractivity contribution in [3.63, 3.8) is 0 Å². The highest BCUT2D eigenvalue weighted by molar-refractivity contribution is 5.36. The van der Waals surface area contributed by atoms with Gasteiger partial charge in [-0.1, -0.05) is 37.3 Å². The van der Waals surface area contributed by atoms with E-state index in [1.165, 1.54) is 5.56 Å². The highest BCUT2D eigenvalue weighted by Crippen LogP contribution is 2.41. The molecule has 2 aromatic carbocycles. The molecule has 0 spiro atoms. The maximum atomic E-state index is 5.81. The summed E-state index contributed by atoms with van der Waals surface area (Å²) in [5, 5.41) is 0. The van der Waals surface area contributed by atoms with Crippen LogP contribution in [0.2, 0.25) is 0 Å². The van der Waals surface area contributed by atoms with Gasteiger partial charge in [-0.3, -0.25) is 0 Å². The topological polar surface area (TPSA) is 21.8 Å². The Bertz CT molecular complexity index is 522. The summed E-state index contributed by atoms with van der Waals surface area (Å²) in [6, 6.07) is 18.0. The lowest BCUT2D eigenvalue weighted by Gasteiger charge is -2.06. The second-order valence-corrected chi connectivity index (χ2v) is 4.49. The van der Waals surface area contributed by atoms with Gasteiger partial charge in [0, 0.05) is 0 Å². The van der Waals surface area contributed by atoms with E-state index in [0.29, 0.717) is 6.10 Å². The molecule has 0 bridgehead atoms. The second-order valence-electron chi connectivity index (χ2n) is 4.49. The molecule has 0 saturated carbocycles. The van der Waals surface area contributed by atoms with Gasteiger partial charge < -0.3 is 9.47 Å². The van der Waals surface area contributed by atoms with Crippen LogP contribution in [0.25, 0.3) is 0 Å². The van der Waals surface area contributed by atoms with E-state index in [1.807, 2.05) is 42.5 Å². The number of ether oxygens (including phenoxy) is 2. The first-order valence-corrected chi connectivity index (χ1v) is 6.35. The molecule has 1 saturated heterocycles. The molecule has 0 aliphatic carbocycles. The van der Waals surface area contributed by atoms with E-state index in [9.17, 15) is 0 Å². The number of hydrogen-bond acceptors (Lipinski definition) is 2. The Hall–Kier alpha value is -1.80. The molecule has 0 aromatic heterocycles. The van der Waals surface area contributed by atoms with E-state index >= 15 is 0 Å². The summed E-state index contributed by atoms with van der Waals surface area (Å²) in [6.45, 7) is 2.15. The summed E-state index contributed by atoms with van der Waals surface area (Å²) in [7, 11) is 0. The standard InChI is InChI=1S/C16H16O2/c1-2-15-16(18-15)12-7-6-10-14(11-12)17-13-8-4-3-5-9-13/h3-11,15-16H,2H2,1H3. The average molecular weight is 240 g/mol. The smallest absolute Gasteiger partial charge is 0.127 e. The fraction of sp³-hybridized carbons (Fsp3) is 0.250. The molecule has 2 atom stereocenters. The van der Waals surface area contributed by atoms with Crippen molar-refractivity contribution < 1.29 is 9.47 Å². The molecule has 0 N–H and O–H groups in total. The van der Waals surface area contributed by atoms with Crippen LogP contribution in [0.5, 0.6) is 11.5 Å². The fourth-order valence-corrected chi connectivity index (χ4v) is 2.13. The molecule has 2 unspecified atom stereocenters. The van der Waals surface area contributed by atoms with Crippen LogP contribution in [0.3, 0.4) is 0 Å². The number of hydrogen-bond donors (Lipinski definition) is 0. The van der Waals surface area contributed by atoms with Crippen LogP contribution in [0, 0.1) is 0 Å². The number of epoxide rings is 1. The number of para-hydroxylation sites is 1. The van der Waals surface area contributed by atoms with Crippen molar-refractivity contribution in [1.82, 2.24) is 0 Å². The summed E-state index contributed by atoms with van der Waals surface area (Å²) in [5.74, 6) is 1.72. The molecule has 1 aliphatic heterocycles. The molecule has 18 heavy (non-hydrogen) atoms. The maximum absolute atomic E-state index is 5.81. The van der Waals surface area contributed by atoms with E-state index in [2.05, 4.69) is 19.1 Å². The lowest BCUT2D eigenvalue weighted by Crippen LogP contribution is -1.88. The van der Waals surface area contributed by atoms with Crippen LogP contribution >= 0.6 is 0 Å². The van der Waals surface area contributed by atoms with Crippen molar-refractivity contribution in [3.8, 4) is 11.5 Å². The minimum absolute atomic E-state index is 0.259. The van der Waals surface area contributed by atoms with Crippen LogP contribution in [0.1, 0.15) is 25.0 Å². The van der Waals surface area contributed by atoms with Gasteiger partial charge in [0.05, 0.1) is 6.10 Å². The van der Waals surface area contributed by atoms with E-state index in [4.69, 9.17) is 9.47 Å². The predicted octanol–water partition coefficient (Wildman–Crippen LogP) is 4.33. The minimum Gasteiger partial charge on any atom is -0.457 e. The SMILES string of the molecule is CCC1OC1c1cccc(Oc2ccccc2)c1. The summed E-state index contributed by atoms with van der Waals surface area (Å²) in [4.78, 5) is 0. The van der Waals surface area contributed by atoms with Gasteiger partial charge in [-0.25, -0.2) is 0 Å². The van der Waals surface area contributed by atoms with Gasteiger partial charge in [0.2, 0.25) is 0 Å². The third-order valence-electron chi connectivity index (χ3n) is 3.15. The van der Waals surface area contributed by atoms with Crippen LogP contribution in [-0.2, 0) is 4.74 Å². The zero-order chi connectivity index (χ0) is 12.4. The Labute approximate surface area is 107 Å². The van der Waals surface area contributed by atoms with Gasteiger partial charge >= 0.3 is 0 Å². The zero-order valence-electron chi connectivity index (χ0n) is 10.4. The molecule has 2 heteroatoms. The van der Waals surface area contributed by atoms with Crippen LogP contribution in [0.4, 0.5) is 0 Å². The van der Waals surface area contributed by atoms with E-state index in [0.717, 1.165) is 17.9 Å². The largest absolute Gasteiger partial charge is 0.457 e. The Balaban J connectivity index is 1.76. The van der Waals surface area contributed by atoms with Crippen LogP contribution < -0.4 is 4.74 Å². The Morgan fingerprint density at radius 3 is 2.50 bits per heavy atom. The first kappa shape index (κ1) is 11.3. The summed E-state index contributed by atoms with van der Waals surface area (Å²) >= 11 is 0. The lowest BCUT2D eigenvalue weighted by atomic mass is 10.1. The molecular weight excluding hydrogens is 224 g/mol. The van der Waals surface area contributed by atoms with Crippen LogP contribution in [-0.4, -0.2) is 6.10 Å². The molecule has 1 fully saturated rings. The summed E-state index contributed by atoms with van der Waals surface area (Å²) in [5.41, 5.74) is 1.20. The third-order valence-corrected chi connectivity index (χ3v) is 3.15. The monoisotopic (exact) mass is 240 g/mol. The maximum Gasteiger partial charge on any atom is 0.127 e. The molecule has 1 heterocycles. The highest BCUT2D eigenvalue weighted by atomic mass is 16.6. The fourth-order valence-electron chi connectivity index (χ4n) is 2.13. The van der Waals surface area contributed by atoms with Gasteiger partial charge in [-0.2, -0.15) is 0 Å². The first-order valence-electron chi connectivity index (χ1n) is 6.35. The van der Waals surface area contributed by atoms with Crippen molar-refractivity contribution in [3.05, 3.63) is 60.2 Å². The van der Waals surface area contributed by atoms with Crippen molar-refractivity contribution >= 4 is 0 Å². The average Bonchev–Trinajstić information content (AvgIpc) is 3.20. The molecule has 2 aromatic rings. The van der Waals surface area contributed by atoms with Gasteiger partial charge in [0.25, 0.3) is 0 Å². The van der Waals surface area contributed by atoms with E-state index in [-0.39, 0.29) is 6.10 Å². The predicted molar refractivity (Wildman–Crippen MR) is 70.9 cm³/mol. The van der Waals surface area contributed by atoms with E-state index < -0.39 is 0 Å². The molecule has 0 amide bonds.